The number of fused-ring (bicyclic) bond motifs is 1. The molecule has 0 aliphatic carbocycles. The van der Waals surface area contributed by atoms with Crippen molar-refractivity contribution in [2.24, 2.45) is 0 Å². The summed E-state index contributed by atoms with van der Waals surface area (Å²) in [5, 5.41) is 47.5. The third-order valence-electron chi connectivity index (χ3n) is 8.75. The molecule has 8 heteroatoms. The summed E-state index contributed by atoms with van der Waals surface area (Å²) < 4.78 is 7.16. The smallest absolute Gasteiger partial charge is 0.269 e. The van der Waals surface area contributed by atoms with Gasteiger partial charge in [0.2, 0.25) is 0 Å². The van der Waals surface area contributed by atoms with E-state index < -0.39 is 25.4 Å². The van der Waals surface area contributed by atoms with Crippen LogP contribution in [0.5, 0.6) is 5.75 Å². The van der Waals surface area contributed by atoms with Crippen LogP contribution < -0.4 is 10.4 Å². The van der Waals surface area contributed by atoms with Crippen molar-refractivity contribution in [1.82, 2.24) is 0 Å². The van der Waals surface area contributed by atoms with Crippen LogP contribution in [0, 0.1) is 10.1 Å². The van der Waals surface area contributed by atoms with Gasteiger partial charge >= 0.3 is 0 Å². The Morgan fingerprint density at radius 1 is 0.812 bits per heavy atom. The lowest BCUT2D eigenvalue weighted by Crippen LogP contribution is -2.66. The van der Waals surface area contributed by atoms with E-state index >= 15 is 0 Å². The van der Waals surface area contributed by atoms with Crippen molar-refractivity contribution in [2.45, 2.75) is 50.9 Å². The monoisotopic (exact) mass is 659 g/mol. The van der Waals surface area contributed by atoms with E-state index in [2.05, 4.69) is 50.8 Å². The summed E-state index contributed by atoms with van der Waals surface area (Å²) >= 11 is 0. The highest BCUT2D eigenvalue weighted by atomic mass is 28.4. The van der Waals surface area contributed by atoms with Crippen LogP contribution in [-0.2, 0) is 4.43 Å². The van der Waals surface area contributed by atoms with E-state index in [1.54, 1.807) is 30.3 Å². The van der Waals surface area contributed by atoms with Gasteiger partial charge in [-0.1, -0.05) is 112 Å². The van der Waals surface area contributed by atoms with Crippen molar-refractivity contribution in [1.29, 1.82) is 0 Å². The Morgan fingerprint density at radius 2 is 1.38 bits per heavy atom. The fraction of sp³-hybridized carbons (Fsp3) is 0.225. The number of phenolic OH excluding ortho intramolecular Hbond substituents is 1. The van der Waals surface area contributed by atoms with Gasteiger partial charge in [-0.2, -0.15) is 0 Å². The lowest BCUT2D eigenvalue weighted by molar-refractivity contribution is -0.384. The van der Waals surface area contributed by atoms with E-state index in [4.69, 9.17) is 4.43 Å². The molecule has 48 heavy (non-hydrogen) atoms. The number of non-ortho nitro benzene ring substituents is 1. The van der Waals surface area contributed by atoms with Crippen LogP contribution in [0.1, 0.15) is 56.9 Å². The highest BCUT2D eigenvalue weighted by molar-refractivity contribution is 6.99. The van der Waals surface area contributed by atoms with Gasteiger partial charge in [-0.3, -0.25) is 10.1 Å². The molecule has 0 saturated heterocycles. The van der Waals surface area contributed by atoms with Crippen LogP contribution in [0.25, 0.3) is 10.8 Å². The van der Waals surface area contributed by atoms with Crippen molar-refractivity contribution in [2.75, 3.05) is 6.61 Å². The quantitative estimate of drug-likeness (QED) is 0.0549. The van der Waals surface area contributed by atoms with Crippen molar-refractivity contribution >= 4 is 35.2 Å². The molecule has 0 radical (unpaired) electrons. The number of hydrogen-bond donors (Lipinski definition) is 3. The zero-order valence-electron chi connectivity index (χ0n) is 27.4. The number of nitro benzene ring substituents is 1. The number of aliphatic hydroxyl groups is 2. The molecular weight excluding hydrogens is 619 g/mol. The second-order valence-corrected chi connectivity index (χ2v) is 17.2. The number of rotatable bonds is 12. The molecule has 7 nitrogen and oxygen atoms in total. The van der Waals surface area contributed by atoms with Gasteiger partial charge in [0.1, 0.15) is 5.75 Å². The van der Waals surface area contributed by atoms with Crippen LogP contribution in [0.2, 0.25) is 5.04 Å². The van der Waals surface area contributed by atoms with E-state index in [1.807, 2.05) is 60.7 Å². The minimum atomic E-state index is -2.92. The second-order valence-electron chi connectivity index (χ2n) is 12.9. The lowest BCUT2D eigenvalue weighted by Gasteiger charge is -2.43. The second kappa shape index (κ2) is 14.9. The lowest BCUT2D eigenvalue weighted by atomic mass is 9.97. The number of aromatic hydroxyl groups is 1. The number of nitro groups is 1. The molecule has 0 aromatic heterocycles. The molecule has 0 aliphatic rings. The average molecular weight is 660 g/mol. The first-order valence-electron chi connectivity index (χ1n) is 16.0. The Morgan fingerprint density at radius 3 is 1.94 bits per heavy atom. The van der Waals surface area contributed by atoms with Crippen molar-refractivity contribution in [3.05, 3.63) is 160 Å². The maximum atomic E-state index is 11.3. The largest absolute Gasteiger partial charge is 0.507 e. The predicted octanol–water partition coefficient (Wildman–Crippen LogP) is 7.66. The van der Waals surface area contributed by atoms with E-state index in [9.17, 15) is 25.4 Å². The average Bonchev–Trinajstić information content (AvgIpc) is 3.09. The number of phenols is 1. The van der Waals surface area contributed by atoms with Gasteiger partial charge < -0.3 is 19.7 Å². The Hall–Kier alpha value is -4.82. The highest BCUT2D eigenvalue weighted by Crippen LogP contribution is 2.38. The predicted molar refractivity (Wildman–Crippen MR) is 193 cm³/mol. The molecule has 0 aliphatic heterocycles. The standard InChI is InChI=1S/C40H41NO6Si/c1-40(2,3)48(32-14-6-4-7-15-32,33-16-8-5-9-17-33)47-28-29(27-39(44)30-21-23-31(24-22-30)41(45)46)13-12-20-37(42)36-25-26-38(43)35-19-11-10-18-34(35)36/h4-12,14-19,21-26,37,39,42-44H,20,27-28H2,1-3H3/t13?,37-,39-/m1/s1. The third kappa shape index (κ3) is 7.49. The minimum Gasteiger partial charge on any atom is -0.507 e. The van der Waals surface area contributed by atoms with Crippen molar-refractivity contribution in [3.8, 4) is 5.75 Å². The summed E-state index contributed by atoms with van der Waals surface area (Å²) in [6, 6.07) is 37.2. The molecule has 0 spiro atoms. The van der Waals surface area contributed by atoms with E-state index in [0.717, 1.165) is 15.8 Å². The molecular formula is C40H41NO6Si. The Kier molecular flexibility index (Phi) is 10.7. The van der Waals surface area contributed by atoms with Crippen molar-refractivity contribution < 1.29 is 24.7 Å². The first-order valence-corrected chi connectivity index (χ1v) is 17.9. The summed E-state index contributed by atoms with van der Waals surface area (Å²) in [6.07, 6.45) is 0.353. The van der Waals surface area contributed by atoms with Gasteiger partial charge in [0.25, 0.3) is 14.0 Å². The zero-order valence-corrected chi connectivity index (χ0v) is 28.4. The normalized spacial score (nSPS) is 13.0. The molecule has 0 heterocycles. The molecule has 0 bridgehead atoms. The third-order valence-corrected chi connectivity index (χ3v) is 13.7. The summed E-state index contributed by atoms with van der Waals surface area (Å²) in [7, 11) is -2.92. The van der Waals surface area contributed by atoms with Gasteiger partial charge in [0.15, 0.2) is 0 Å². The zero-order chi connectivity index (χ0) is 34.3. The summed E-state index contributed by atoms with van der Waals surface area (Å²) in [5.41, 5.74) is 5.23. The van der Waals surface area contributed by atoms with Gasteiger partial charge in [0.05, 0.1) is 23.7 Å². The number of benzene rings is 5. The van der Waals surface area contributed by atoms with Crippen molar-refractivity contribution in [3.63, 3.8) is 0 Å². The number of nitrogens with zero attached hydrogens (tertiary/aromatic N) is 1. The van der Waals surface area contributed by atoms with Crippen LogP contribution in [0.15, 0.2) is 139 Å². The molecule has 0 unspecified atom stereocenters. The molecule has 5 aromatic rings. The SMILES string of the molecule is CC(C)(C)[Si](OCC(=C=CC[C@@H](O)c1ccc(O)c2ccccc12)C[C@@H](O)c1ccc([N+](=O)[O-])cc1)(c1ccccc1)c1ccccc1. The summed E-state index contributed by atoms with van der Waals surface area (Å²) in [4.78, 5) is 10.7. The summed E-state index contributed by atoms with van der Waals surface area (Å²) in [6.45, 7) is 6.76. The molecule has 3 N–H and O–H groups in total. The summed E-state index contributed by atoms with van der Waals surface area (Å²) in [5.74, 6) is 0.153. The van der Waals surface area contributed by atoms with E-state index in [1.165, 1.54) is 12.1 Å². The minimum absolute atomic E-state index is 0.0487. The fourth-order valence-corrected chi connectivity index (χ4v) is 10.9. The Bertz CT molecular complexity index is 1870. The molecule has 0 saturated carbocycles. The first kappa shape index (κ1) is 34.5. The Labute approximate surface area is 282 Å². The van der Waals surface area contributed by atoms with Crippen LogP contribution in [-0.4, -0.2) is 35.2 Å². The fourth-order valence-electron chi connectivity index (χ4n) is 6.32. The van der Waals surface area contributed by atoms with Gasteiger partial charge in [-0.15, -0.1) is 5.73 Å². The van der Waals surface area contributed by atoms with Crippen LogP contribution in [0.3, 0.4) is 0 Å². The highest BCUT2D eigenvalue weighted by Gasteiger charge is 2.50. The maximum Gasteiger partial charge on any atom is 0.269 e. The molecule has 0 amide bonds. The first-order chi connectivity index (χ1) is 23.0. The van der Waals surface area contributed by atoms with Gasteiger partial charge in [-0.05, 0) is 61.8 Å². The molecule has 5 rings (SSSR count). The van der Waals surface area contributed by atoms with Crippen LogP contribution >= 0.6 is 0 Å². The number of hydrogen-bond acceptors (Lipinski definition) is 6. The maximum absolute atomic E-state index is 11.3. The molecule has 5 aromatic carbocycles. The molecule has 2 atom stereocenters. The van der Waals surface area contributed by atoms with Gasteiger partial charge in [-0.25, -0.2) is 0 Å². The Balaban J connectivity index is 1.51. The number of aliphatic hydroxyl groups excluding tert-OH is 2. The van der Waals surface area contributed by atoms with E-state index in [-0.39, 0.29) is 35.9 Å². The molecule has 246 valence electrons. The topological polar surface area (TPSA) is 113 Å². The molecule has 0 fully saturated rings. The van der Waals surface area contributed by atoms with Crippen LogP contribution in [0.4, 0.5) is 5.69 Å². The van der Waals surface area contributed by atoms with Gasteiger partial charge in [0, 0.05) is 30.4 Å². The van der Waals surface area contributed by atoms with E-state index in [0.29, 0.717) is 22.1 Å².